The van der Waals surface area contributed by atoms with Gasteiger partial charge in [0, 0.05) is 11.8 Å². The SMILES string of the molecule is CCOC(=O)CC(O)C(O)c1cncc([N+](=O)[O-])c1N. The maximum atomic E-state index is 11.2. The summed E-state index contributed by atoms with van der Waals surface area (Å²) in [4.78, 5) is 24.7. The number of nitrogen functional groups attached to an aromatic ring is 1. The normalized spacial score (nSPS) is 13.6. The average Bonchev–Trinajstić information content (AvgIpc) is 2.38. The van der Waals surface area contributed by atoms with Crippen molar-refractivity contribution in [2.75, 3.05) is 12.3 Å². The van der Waals surface area contributed by atoms with Crippen LogP contribution in [0.2, 0.25) is 0 Å². The number of nitrogens with two attached hydrogens (primary N) is 1. The van der Waals surface area contributed by atoms with Crippen molar-refractivity contribution in [2.24, 2.45) is 0 Å². The van der Waals surface area contributed by atoms with Crippen molar-refractivity contribution in [3.63, 3.8) is 0 Å². The molecule has 1 heterocycles. The van der Waals surface area contributed by atoms with Crippen LogP contribution in [0.1, 0.15) is 25.0 Å². The van der Waals surface area contributed by atoms with Crippen molar-refractivity contribution in [1.82, 2.24) is 4.98 Å². The van der Waals surface area contributed by atoms with E-state index >= 15 is 0 Å². The Bertz CT molecular complexity index is 507. The van der Waals surface area contributed by atoms with Gasteiger partial charge < -0.3 is 20.7 Å². The molecule has 1 rings (SSSR count). The van der Waals surface area contributed by atoms with Crippen LogP contribution in [-0.4, -0.2) is 38.8 Å². The zero-order chi connectivity index (χ0) is 15.3. The Morgan fingerprint density at radius 3 is 2.75 bits per heavy atom. The molecule has 0 aliphatic carbocycles. The van der Waals surface area contributed by atoms with Crippen LogP contribution in [0.25, 0.3) is 0 Å². The van der Waals surface area contributed by atoms with Crippen LogP contribution in [0.15, 0.2) is 12.4 Å². The van der Waals surface area contributed by atoms with E-state index in [1.807, 2.05) is 0 Å². The summed E-state index contributed by atoms with van der Waals surface area (Å²) >= 11 is 0. The summed E-state index contributed by atoms with van der Waals surface area (Å²) in [6.45, 7) is 1.74. The molecule has 0 amide bonds. The largest absolute Gasteiger partial charge is 0.466 e. The molecule has 110 valence electrons. The number of pyridine rings is 1. The molecule has 0 fully saturated rings. The van der Waals surface area contributed by atoms with Crippen LogP contribution < -0.4 is 5.73 Å². The molecule has 2 unspecified atom stereocenters. The fourth-order valence-corrected chi connectivity index (χ4v) is 1.57. The van der Waals surface area contributed by atoms with E-state index < -0.39 is 35.2 Å². The van der Waals surface area contributed by atoms with Gasteiger partial charge in [-0.1, -0.05) is 0 Å². The minimum absolute atomic E-state index is 0.115. The van der Waals surface area contributed by atoms with E-state index in [0.717, 1.165) is 12.4 Å². The summed E-state index contributed by atoms with van der Waals surface area (Å²) < 4.78 is 4.63. The van der Waals surface area contributed by atoms with E-state index in [2.05, 4.69) is 9.72 Å². The first-order chi connectivity index (χ1) is 9.38. The fraction of sp³-hybridized carbons (Fsp3) is 0.455. The molecule has 2 atom stereocenters. The number of ether oxygens (including phenoxy) is 1. The van der Waals surface area contributed by atoms with Gasteiger partial charge in [0.15, 0.2) is 0 Å². The van der Waals surface area contributed by atoms with Gasteiger partial charge in [0.25, 0.3) is 0 Å². The molecule has 9 heteroatoms. The van der Waals surface area contributed by atoms with Crippen molar-refractivity contribution in [3.05, 3.63) is 28.1 Å². The minimum atomic E-state index is -1.58. The van der Waals surface area contributed by atoms with Crippen LogP contribution in [-0.2, 0) is 9.53 Å². The highest BCUT2D eigenvalue weighted by atomic mass is 16.6. The Hall–Kier alpha value is -2.26. The van der Waals surface area contributed by atoms with E-state index in [4.69, 9.17) is 5.73 Å². The van der Waals surface area contributed by atoms with Crippen LogP contribution in [0.3, 0.4) is 0 Å². The standard InChI is InChI=1S/C11H15N3O6/c1-2-20-9(16)3-8(15)11(17)6-4-13-5-7(10(6)12)14(18)19/h4-5,8,11,15,17H,2-3H2,1H3,(H2,12,13). The van der Waals surface area contributed by atoms with Gasteiger partial charge in [-0.25, -0.2) is 0 Å². The van der Waals surface area contributed by atoms with Crippen molar-refractivity contribution in [3.8, 4) is 0 Å². The van der Waals surface area contributed by atoms with Gasteiger partial charge in [0.2, 0.25) is 0 Å². The van der Waals surface area contributed by atoms with Crippen LogP contribution >= 0.6 is 0 Å². The predicted octanol–water partition coefficient (Wildman–Crippen LogP) is -0.0805. The second-order valence-electron chi connectivity index (χ2n) is 3.94. The molecule has 20 heavy (non-hydrogen) atoms. The van der Waals surface area contributed by atoms with Gasteiger partial charge in [0.05, 0.1) is 24.1 Å². The number of aromatic nitrogens is 1. The minimum Gasteiger partial charge on any atom is -0.466 e. The third-order valence-corrected chi connectivity index (χ3v) is 2.56. The molecule has 0 bridgehead atoms. The van der Waals surface area contributed by atoms with Crippen LogP contribution in [0, 0.1) is 10.1 Å². The average molecular weight is 285 g/mol. The van der Waals surface area contributed by atoms with E-state index in [9.17, 15) is 25.1 Å². The van der Waals surface area contributed by atoms with Crippen LogP contribution in [0.5, 0.6) is 0 Å². The lowest BCUT2D eigenvalue weighted by Gasteiger charge is -2.18. The number of carbonyl (C=O) groups is 1. The number of rotatable bonds is 6. The summed E-state index contributed by atoms with van der Waals surface area (Å²) in [6.07, 6.45) is -1.51. The smallest absolute Gasteiger partial charge is 0.310 e. The molecular formula is C11H15N3O6. The van der Waals surface area contributed by atoms with Crippen molar-refractivity contribution in [1.29, 1.82) is 0 Å². The molecular weight excluding hydrogens is 270 g/mol. The van der Waals surface area contributed by atoms with Gasteiger partial charge in [-0.05, 0) is 6.92 Å². The number of anilines is 1. The third kappa shape index (κ3) is 3.62. The maximum Gasteiger partial charge on any atom is 0.310 e. The summed E-state index contributed by atoms with van der Waals surface area (Å²) in [7, 11) is 0. The Morgan fingerprint density at radius 1 is 1.55 bits per heavy atom. The molecule has 0 spiro atoms. The summed E-state index contributed by atoms with van der Waals surface area (Å²) in [5, 5.41) is 30.3. The highest BCUT2D eigenvalue weighted by molar-refractivity contribution is 5.70. The topological polar surface area (TPSA) is 149 Å². The predicted molar refractivity (Wildman–Crippen MR) is 67.5 cm³/mol. The molecule has 4 N–H and O–H groups in total. The zero-order valence-corrected chi connectivity index (χ0v) is 10.7. The quantitative estimate of drug-likeness (QED) is 0.373. The van der Waals surface area contributed by atoms with Gasteiger partial charge in [-0.3, -0.25) is 19.9 Å². The lowest BCUT2D eigenvalue weighted by molar-refractivity contribution is -0.384. The monoisotopic (exact) mass is 285 g/mol. The number of aliphatic hydroxyl groups excluding tert-OH is 2. The molecule has 0 radical (unpaired) electrons. The molecule has 0 aromatic carbocycles. The second kappa shape index (κ2) is 6.78. The van der Waals surface area contributed by atoms with Gasteiger partial charge in [0.1, 0.15) is 18.0 Å². The van der Waals surface area contributed by atoms with E-state index in [1.165, 1.54) is 0 Å². The molecule has 1 aromatic heterocycles. The Labute approximate surface area is 114 Å². The second-order valence-corrected chi connectivity index (χ2v) is 3.94. The van der Waals surface area contributed by atoms with E-state index in [1.54, 1.807) is 6.92 Å². The summed E-state index contributed by atoms with van der Waals surface area (Å²) in [5.41, 5.74) is 4.64. The molecule has 0 aliphatic heterocycles. The highest BCUT2D eigenvalue weighted by Gasteiger charge is 2.27. The first-order valence-corrected chi connectivity index (χ1v) is 5.78. The zero-order valence-electron chi connectivity index (χ0n) is 10.7. The lowest BCUT2D eigenvalue weighted by atomic mass is 10.0. The number of aliphatic hydroxyl groups is 2. The third-order valence-electron chi connectivity index (χ3n) is 2.56. The maximum absolute atomic E-state index is 11.2. The van der Waals surface area contributed by atoms with Crippen molar-refractivity contribution >= 4 is 17.3 Å². The van der Waals surface area contributed by atoms with Crippen molar-refractivity contribution in [2.45, 2.75) is 25.6 Å². The number of hydrogen-bond donors (Lipinski definition) is 3. The van der Waals surface area contributed by atoms with Gasteiger partial charge in [-0.2, -0.15) is 0 Å². The molecule has 0 saturated heterocycles. The first kappa shape index (κ1) is 15.8. The number of nitrogens with zero attached hydrogens (tertiary/aromatic N) is 2. The number of hydrogen-bond acceptors (Lipinski definition) is 8. The van der Waals surface area contributed by atoms with E-state index in [0.29, 0.717) is 0 Å². The fourth-order valence-electron chi connectivity index (χ4n) is 1.57. The highest BCUT2D eigenvalue weighted by Crippen LogP contribution is 2.30. The van der Waals surface area contributed by atoms with Gasteiger partial charge >= 0.3 is 11.7 Å². The molecule has 0 aliphatic rings. The Kier molecular flexibility index (Phi) is 5.35. The molecule has 1 aromatic rings. The summed E-state index contributed by atoms with van der Waals surface area (Å²) in [6, 6.07) is 0. The van der Waals surface area contributed by atoms with E-state index in [-0.39, 0.29) is 17.9 Å². The number of esters is 1. The Morgan fingerprint density at radius 2 is 2.20 bits per heavy atom. The molecule has 9 nitrogen and oxygen atoms in total. The molecule has 0 saturated carbocycles. The Balaban J connectivity index is 2.91. The van der Waals surface area contributed by atoms with Crippen molar-refractivity contribution < 1.29 is 24.7 Å². The summed E-state index contributed by atoms with van der Waals surface area (Å²) in [5.74, 6) is -0.698. The number of nitro groups is 1. The van der Waals surface area contributed by atoms with Gasteiger partial charge in [-0.15, -0.1) is 0 Å². The number of carbonyl (C=O) groups excluding carboxylic acids is 1. The first-order valence-electron chi connectivity index (χ1n) is 5.78. The lowest BCUT2D eigenvalue weighted by Crippen LogP contribution is -2.24. The van der Waals surface area contributed by atoms with Crippen LogP contribution in [0.4, 0.5) is 11.4 Å².